The minimum absolute atomic E-state index is 0.120. The van der Waals surface area contributed by atoms with E-state index in [0.29, 0.717) is 13.0 Å². The molecule has 1 aromatic carbocycles. The molecule has 7 heteroatoms. The van der Waals surface area contributed by atoms with Gasteiger partial charge in [0.05, 0.1) is 18.1 Å². The summed E-state index contributed by atoms with van der Waals surface area (Å²) in [5, 5.41) is 0. The Balaban J connectivity index is 1.53. The fourth-order valence-electron chi connectivity index (χ4n) is 5.45. The van der Waals surface area contributed by atoms with Gasteiger partial charge < -0.3 is 9.80 Å². The fourth-order valence-corrected chi connectivity index (χ4v) is 7.16. The van der Waals surface area contributed by atoms with Gasteiger partial charge in [-0.15, -0.1) is 0 Å². The van der Waals surface area contributed by atoms with Gasteiger partial charge in [0.2, 0.25) is 5.91 Å². The summed E-state index contributed by atoms with van der Waals surface area (Å²) < 4.78 is 24.3. The summed E-state index contributed by atoms with van der Waals surface area (Å²) in [4.78, 5) is 20.3. The highest BCUT2D eigenvalue weighted by Crippen LogP contribution is 2.30. The number of hydrogen-bond acceptors (Lipinski definition) is 5. The highest BCUT2D eigenvalue weighted by Gasteiger charge is 2.39. The second-order valence-electron chi connectivity index (χ2n) is 9.31. The van der Waals surface area contributed by atoms with E-state index >= 15 is 0 Å². The van der Waals surface area contributed by atoms with Crippen LogP contribution in [0.25, 0.3) is 0 Å². The van der Waals surface area contributed by atoms with Gasteiger partial charge in [-0.3, -0.25) is 9.69 Å². The molecule has 2 unspecified atom stereocenters. The second kappa shape index (κ2) is 9.37. The van der Waals surface area contributed by atoms with Crippen molar-refractivity contribution in [3.05, 3.63) is 35.9 Å². The first-order valence-electron chi connectivity index (χ1n) is 11.4. The quantitative estimate of drug-likeness (QED) is 0.713. The first-order chi connectivity index (χ1) is 14.4. The van der Waals surface area contributed by atoms with Crippen LogP contribution in [0.5, 0.6) is 0 Å². The molecule has 0 N–H and O–H groups in total. The van der Waals surface area contributed by atoms with Crippen LogP contribution in [0.4, 0.5) is 0 Å². The van der Waals surface area contributed by atoms with Crippen LogP contribution >= 0.6 is 0 Å². The Morgan fingerprint density at radius 2 is 1.77 bits per heavy atom. The second-order valence-corrected chi connectivity index (χ2v) is 11.5. The van der Waals surface area contributed by atoms with E-state index < -0.39 is 9.84 Å². The predicted molar refractivity (Wildman–Crippen MR) is 119 cm³/mol. The molecule has 0 spiro atoms. The van der Waals surface area contributed by atoms with Crippen molar-refractivity contribution in [2.24, 2.45) is 0 Å². The molecule has 4 rings (SSSR count). The number of hydrogen-bond donors (Lipinski definition) is 0. The molecule has 30 heavy (non-hydrogen) atoms. The average Bonchev–Trinajstić information content (AvgIpc) is 3.10. The summed E-state index contributed by atoms with van der Waals surface area (Å²) in [5.41, 5.74) is 1.24. The molecule has 3 aliphatic rings. The molecule has 1 aliphatic carbocycles. The largest absolute Gasteiger partial charge is 0.335 e. The minimum atomic E-state index is -3.02. The third-order valence-electron chi connectivity index (χ3n) is 7.07. The van der Waals surface area contributed by atoms with E-state index in [4.69, 9.17) is 0 Å². The molecule has 2 aliphatic heterocycles. The van der Waals surface area contributed by atoms with Crippen LogP contribution in [0, 0.1) is 0 Å². The van der Waals surface area contributed by atoms with Gasteiger partial charge in [0, 0.05) is 37.8 Å². The Bertz CT molecular complexity index is 823. The van der Waals surface area contributed by atoms with Crippen LogP contribution in [0.2, 0.25) is 0 Å². The Labute approximate surface area is 181 Å². The SMILES string of the molecule is CN1CCN(CC(=O)N(C2CCCCC2)C2CCS(=O)(=O)C2)C(c2ccccc2)C1. The summed E-state index contributed by atoms with van der Waals surface area (Å²) in [6.07, 6.45) is 6.09. The molecular formula is C23H35N3O3S. The molecule has 6 nitrogen and oxygen atoms in total. The number of amides is 1. The molecule has 0 bridgehead atoms. The van der Waals surface area contributed by atoms with Crippen molar-refractivity contribution in [3.63, 3.8) is 0 Å². The summed E-state index contributed by atoms with van der Waals surface area (Å²) in [5.74, 6) is 0.476. The van der Waals surface area contributed by atoms with Crippen molar-refractivity contribution in [2.75, 3.05) is 44.7 Å². The number of carbonyl (C=O) groups is 1. The lowest BCUT2D eigenvalue weighted by molar-refractivity contribution is -0.139. The van der Waals surface area contributed by atoms with Gasteiger partial charge in [0.15, 0.2) is 9.84 Å². The van der Waals surface area contributed by atoms with Crippen LogP contribution < -0.4 is 0 Å². The molecule has 1 saturated carbocycles. The summed E-state index contributed by atoms with van der Waals surface area (Å²) in [6, 6.07) is 10.7. The van der Waals surface area contributed by atoms with E-state index in [2.05, 4.69) is 41.1 Å². The monoisotopic (exact) mass is 433 g/mol. The molecule has 166 valence electrons. The van der Waals surface area contributed by atoms with E-state index in [-0.39, 0.29) is 35.5 Å². The van der Waals surface area contributed by atoms with Gasteiger partial charge >= 0.3 is 0 Å². The van der Waals surface area contributed by atoms with E-state index in [0.717, 1.165) is 45.3 Å². The number of rotatable bonds is 5. The Morgan fingerprint density at radius 3 is 2.43 bits per heavy atom. The van der Waals surface area contributed by atoms with E-state index in [1.165, 1.54) is 12.0 Å². The van der Waals surface area contributed by atoms with Gasteiger partial charge in [0.25, 0.3) is 0 Å². The van der Waals surface area contributed by atoms with Crippen LogP contribution in [0.15, 0.2) is 30.3 Å². The zero-order chi connectivity index (χ0) is 21.1. The van der Waals surface area contributed by atoms with Crippen LogP contribution in [-0.4, -0.2) is 85.8 Å². The molecule has 2 heterocycles. The number of benzene rings is 1. The Kier molecular flexibility index (Phi) is 6.80. The van der Waals surface area contributed by atoms with Crippen molar-refractivity contribution in [3.8, 4) is 0 Å². The number of piperazine rings is 1. The molecule has 3 fully saturated rings. The molecular weight excluding hydrogens is 398 g/mol. The molecule has 0 aromatic heterocycles. The highest BCUT2D eigenvalue weighted by atomic mass is 32.2. The highest BCUT2D eigenvalue weighted by molar-refractivity contribution is 7.91. The van der Waals surface area contributed by atoms with Crippen molar-refractivity contribution in [2.45, 2.75) is 56.7 Å². The molecule has 2 saturated heterocycles. The van der Waals surface area contributed by atoms with Gasteiger partial charge in [-0.2, -0.15) is 0 Å². The first-order valence-corrected chi connectivity index (χ1v) is 13.2. The van der Waals surface area contributed by atoms with E-state index in [9.17, 15) is 13.2 Å². The maximum atomic E-state index is 13.6. The van der Waals surface area contributed by atoms with Gasteiger partial charge in [-0.1, -0.05) is 49.6 Å². The van der Waals surface area contributed by atoms with Gasteiger partial charge in [-0.25, -0.2) is 8.42 Å². The number of sulfone groups is 1. The summed E-state index contributed by atoms with van der Waals surface area (Å²) >= 11 is 0. The lowest BCUT2D eigenvalue weighted by Crippen LogP contribution is -2.55. The topological polar surface area (TPSA) is 60.9 Å². The normalized spacial score (nSPS) is 28.4. The lowest BCUT2D eigenvalue weighted by atomic mass is 9.92. The van der Waals surface area contributed by atoms with Crippen molar-refractivity contribution in [1.29, 1.82) is 0 Å². The Hall–Kier alpha value is -1.44. The number of nitrogens with zero attached hydrogens (tertiary/aromatic N) is 3. The van der Waals surface area contributed by atoms with Crippen LogP contribution in [-0.2, 0) is 14.6 Å². The van der Waals surface area contributed by atoms with E-state index in [1.807, 2.05) is 11.0 Å². The molecule has 0 radical (unpaired) electrons. The first kappa shape index (κ1) is 21.8. The van der Waals surface area contributed by atoms with Gasteiger partial charge in [0.1, 0.15) is 0 Å². The number of likely N-dealkylation sites (N-methyl/N-ethyl adjacent to an activating group) is 1. The maximum Gasteiger partial charge on any atom is 0.237 e. The summed E-state index contributed by atoms with van der Waals surface area (Å²) in [6.45, 7) is 3.07. The zero-order valence-corrected chi connectivity index (χ0v) is 18.9. The summed E-state index contributed by atoms with van der Waals surface area (Å²) in [7, 11) is -0.889. The van der Waals surface area contributed by atoms with Crippen molar-refractivity contribution < 1.29 is 13.2 Å². The van der Waals surface area contributed by atoms with Crippen LogP contribution in [0.1, 0.15) is 50.1 Å². The lowest BCUT2D eigenvalue weighted by Gasteiger charge is -2.43. The fraction of sp³-hybridized carbons (Fsp3) is 0.696. The van der Waals surface area contributed by atoms with Crippen molar-refractivity contribution >= 4 is 15.7 Å². The van der Waals surface area contributed by atoms with Gasteiger partial charge in [-0.05, 0) is 31.9 Å². The average molecular weight is 434 g/mol. The van der Waals surface area contributed by atoms with E-state index in [1.54, 1.807) is 0 Å². The third kappa shape index (κ3) is 5.06. The predicted octanol–water partition coefficient (Wildman–Crippen LogP) is 2.32. The maximum absolute atomic E-state index is 13.6. The molecule has 2 atom stereocenters. The molecule has 1 amide bonds. The van der Waals surface area contributed by atoms with Crippen LogP contribution in [0.3, 0.4) is 0 Å². The molecule has 1 aromatic rings. The zero-order valence-electron chi connectivity index (χ0n) is 18.1. The minimum Gasteiger partial charge on any atom is -0.335 e. The smallest absolute Gasteiger partial charge is 0.237 e. The van der Waals surface area contributed by atoms with Crippen molar-refractivity contribution in [1.82, 2.24) is 14.7 Å². The third-order valence-corrected chi connectivity index (χ3v) is 8.83. The Morgan fingerprint density at radius 1 is 1.03 bits per heavy atom. The number of carbonyl (C=O) groups excluding carboxylic acids is 1. The standard InChI is InChI=1S/C23H35N3O3S/c1-24-13-14-25(22(16-24)19-8-4-2-5-9-19)17-23(27)26(20-10-6-3-7-11-20)21-12-15-30(28,29)18-21/h2,4-5,8-9,20-22H,3,6-7,10-18H2,1H3.